The number of benzene rings is 2. The lowest BCUT2D eigenvalue weighted by molar-refractivity contribution is 0.0535. The van der Waals surface area contributed by atoms with Gasteiger partial charge < -0.3 is 25.1 Å². The Balaban J connectivity index is 1.64. The van der Waals surface area contributed by atoms with E-state index in [1.807, 2.05) is 24.3 Å². The second-order valence-electron chi connectivity index (χ2n) is 7.22. The number of carbonyl (C=O) groups is 2. The number of nitrogens with zero attached hydrogens (tertiary/aromatic N) is 2. The molecule has 1 fully saturated rings. The first-order valence-corrected chi connectivity index (χ1v) is 9.21. The largest absolute Gasteiger partial charge is 0.504 e. The van der Waals surface area contributed by atoms with Gasteiger partial charge in [-0.05, 0) is 35.7 Å². The first kappa shape index (κ1) is 19.5. The summed E-state index contributed by atoms with van der Waals surface area (Å²) in [4.78, 5) is 28.5. The van der Waals surface area contributed by atoms with E-state index in [-0.39, 0.29) is 17.4 Å². The van der Waals surface area contributed by atoms with Crippen LogP contribution in [0.15, 0.2) is 36.4 Å². The first-order chi connectivity index (χ1) is 13.3. The Morgan fingerprint density at radius 3 is 1.64 bits per heavy atom. The summed E-state index contributed by atoms with van der Waals surface area (Å²) in [7, 11) is 0. The van der Waals surface area contributed by atoms with Gasteiger partial charge in [-0.2, -0.15) is 0 Å². The Hall–Kier alpha value is -3.22. The molecule has 0 unspecified atom stereocenters. The van der Waals surface area contributed by atoms with Crippen LogP contribution in [0.1, 0.15) is 46.0 Å². The quantitative estimate of drug-likeness (QED) is 0.706. The lowest BCUT2D eigenvalue weighted by atomic mass is 10.0. The SMILES string of the molecule is CC(C)c1ccc(C(=O)N2CCN(C(=O)c3cc(O)c(O)c(O)c3)CC2)cc1. The lowest BCUT2D eigenvalue weighted by Crippen LogP contribution is -2.50. The van der Waals surface area contributed by atoms with Crippen LogP contribution in [-0.4, -0.2) is 63.1 Å². The fourth-order valence-corrected chi connectivity index (χ4v) is 3.22. The zero-order chi connectivity index (χ0) is 20.4. The van der Waals surface area contributed by atoms with Gasteiger partial charge in [-0.3, -0.25) is 9.59 Å². The zero-order valence-electron chi connectivity index (χ0n) is 15.9. The Morgan fingerprint density at radius 2 is 1.21 bits per heavy atom. The van der Waals surface area contributed by atoms with E-state index in [9.17, 15) is 24.9 Å². The topological polar surface area (TPSA) is 101 Å². The molecule has 2 amide bonds. The van der Waals surface area contributed by atoms with Crippen molar-refractivity contribution in [3.63, 3.8) is 0 Å². The molecule has 7 heteroatoms. The predicted molar refractivity (Wildman–Crippen MR) is 104 cm³/mol. The highest BCUT2D eigenvalue weighted by Crippen LogP contribution is 2.35. The van der Waals surface area contributed by atoms with Crippen molar-refractivity contribution >= 4 is 11.8 Å². The molecule has 1 saturated heterocycles. The number of phenols is 3. The molecule has 148 valence electrons. The van der Waals surface area contributed by atoms with Crippen molar-refractivity contribution in [1.82, 2.24) is 9.80 Å². The highest BCUT2D eigenvalue weighted by molar-refractivity contribution is 5.96. The third kappa shape index (κ3) is 3.88. The van der Waals surface area contributed by atoms with Gasteiger partial charge in [-0.15, -0.1) is 0 Å². The van der Waals surface area contributed by atoms with E-state index < -0.39 is 17.2 Å². The average Bonchev–Trinajstić information content (AvgIpc) is 2.70. The summed E-state index contributed by atoms with van der Waals surface area (Å²) in [5, 5.41) is 28.6. The van der Waals surface area contributed by atoms with Crippen molar-refractivity contribution in [2.75, 3.05) is 26.2 Å². The summed E-state index contributed by atoms with van der Waals surface area (Å²) in [6, 6.07) is 9.81. The standard InChI is InChI=1S/C21H24N2O5/c1-13(2)14-3-5-15(6-4-14)20(27)22-7-9-23(10-8-22)21(28)16-11-17(24)19(26)18(25)12-16/h3-6,11-13,24-26H,7-10H2,1-2H3. The molecule has 2 aromatic rings. The molecule has 0 bridgehead atoms. The molecule has 3 N–H and O–H groups in total. The van der Waals surface area contributed by atoms with E-state index in [0.717, 1.165) is 12.1 Å². The smallest absolute Gasteiger partial charge is 0.254 e. The third-order valence-corrected chi connectivity index (χ3v) is 5.00. The van der Waals surface area contributed by atoms with Gasteiger partial charge in [0.05, 0.1) is 0 Å². The molecule has 0 saturated carbocycles. The highest BCUT2D eigenvalue weighted by atomic mass is 16.3. The van der Waals surface area contributed by atoms with E-state index in [4.69, 9.17) is 0 Å². The molecule has 0 atom stereocenters. The van der Waals surface area contributed by atoms with Crippen LogP contribution in [0.25, 0.3) is 0 Å². The van der Waals surface area contributed by atoms with E-state index in [2.05, 4.69) is 13.8 Å². The van der Waals surface area contributed by atoms with Crippen molar-refractivity contribution in [3.8, 4) is 17.2 Å². The van der Waals surface area contributed by atoms with Crippen LogP contribution in [0.5, 0.6) is 17.2 Å². The number of piperazine rings is 1. The number of hydrogen-bond donors (Lipinski definition) is 3. The van der Waals surface area contributed by atoms with Crippen LogP contribution in [-0.2, 0) is 0 Å². The maximum atomic E-state index is 12.7. The molecular weight excluding hydrogens is 360 g/mol. The van der Waals surface area contributed by atoms with Crippen molar-refractivity contribution < 1.29 is 24.9 Å². The molecule has 7 nitrogen and oxygen atoms in total. The molecule has 28 heavy (non-hydrogen) atoms. The minimum Gasteiger partial charge on any atom is -0.504 e. The van der Waals surface area contributed by atoms with Gasteiger partial charge in [-0.1, -0.05) is 26.0 Å². The molecule has 0 aliphatic carbocycles. The fourth-order valence-electron chi connectivity index (χ4n) is 3.22. The van der Waals surface area contributed by atoms with E-state index in [1.165, 1.54) is 5.56 Å². The molecular formula is C21H24N2O5. The zero-order valence-corrected chi connectivity index (χ0v) is 15.9. The van der Waals surface area contributed by atoms with Crippen molar-refractivity contribution in [2.24, 2.45) is 0 Å². The molecule has 2 aromatic carbocycles. The van der Waals surface area contributed by atoms with Crippen molar-refractivity contribution in [2.45, 2.75) is 19.8 Å². The molecule has 0 spiro atoms. The van der Waals surface area contributed by atoms with Crippen LogP contribution in [0.3, 0.4) is 0 Å². The van der Waals surface area contributed by atoms with E-state index in [1.54, 1.807) is 9.80 Å². The minimum absolute atomic E-state index is 0.0673. The van der Waals surface area contributed by atoms with Gasteiger partial charge in [0.1, 0.15) is 0 Å². The van der Waals surface area contributed by atoms with Crippen LogP contribution in [0.2, 0.25) is 0 Å². The summed E-state index contributed by atoms with van der Waals surface area (Å²) in [6.07, 6.45) is 0. The monoisotopic (exact) mass is 384 g/mol. The first-order valence-electron chi connectivity index (χ1n) is 9.21. The van der Waals surface area contributed by atoms with Gasteiger partial charge in [-0.25, -0.2) is 0 Å². The summed E-state index contributed by atoms with van der Waals surface area (Å²) in [6.45, 7) is 5.68. The number of hydrogen-bond acceptors (Lipinski definition) is 5. The van der Waals surface area contributed by atoms with Crippen molar-refractivity contribution in [1.29, 1.82) is 0 Å². The summed E-state index contributed by atoms with van der Waals surface area (Å²) >= 11 is 0. The Bertz CT molecular complexity index is 861. The summed E-state index contributed by atoms with van der Waals surface area (Å²) in [5.74, 6) is -1.81. The van der Waals surface area contributed by atoms with E-state index in [0.29, 0.717) is 37.7 Å². The second-order valence-corrected chi connectivity index (χ2v) is 7.22. The maximum absolute atomic E-state index is 12.7. The molecule has 0 radical (unpaired) electrons. The minimum atomic E-state index is -0.657. The van der Waals surface area contributed by atoms with Crippen molar-refractivity contribution in [3.05, 3.63) is 53.1 Å². The molecule has 1 heterocycles. The molecule has 0 aromatic heterocycles. The third-order valence-electron chi connectivity index (χ3n) is 5.00. The second kappa shape index (κ2) is 7.80. The van der Waals surface area contributed by atoms with Crippen LogP contribution >= 0.6 is 0 Å². The summed E-state index contributed by atoms with van der Waals surface area (Å²) < 4.78 is 0. The highest BCUT2D eigenvalue weighted by Gasteiger charge is 2.26. The number of carbonyl (C=O) groups excluding carboxylic acids is 2. The number of phenolic OH excluding ortho intramolecular Hbond substituents is 3. The van der Waals surface area contributed by atoms with Crippen LogP contribution in [0.4, 0.5) is 0 Å². The predicted octanol–water partition coefficient (Wildman–Crippen LogP) is 2.53. The van der Waals surface area contributed by atoms with Gasteiger partial charge in [0, 0.05) is 37.3 Å². The average molecular weight is 384 g/mol. The fraction of sp³-hybridized carbons (Fsp3) is 0.333. The number of rotatable bonds is 3. The normalized spacial score (nSPS) is 14.4. The lowest BCUT2D eigenvalue weighted by Gasteiger charge is -2.35. The van der Waals surface area contributed by atoms with Gasteiger partial charge in [0.25, 0.3) is 11.8 Å². The Labute approximate surface area is 163 Å². The summed E-state index contributed by atoms with van der Waals surface area (Å²) in [5.41, 5.74) is 1.88. The van der Waals surface area contributed by atoms with Gasteiger partial charge >= 0.3 is 0 Å². The Kier molecular flexibility index (Phi) is 5.44. The molecule has 1 aliphatic heterocycles. The van der Waals surface area contributed by atoms with Crippen LogP contribution in [0, 0.1) is 0 Å². The molecule has 3 rings (SSSR count). The molecule has 1 aliphatic rings. The number of aromatic hydroxyl groups is 3. The van der Waals surface area contributed by atoms with Gasteiger partial charge in [0.15, 0.2) is 17.2 Å². The van der Waals surface area contributed by atoms with Gasteiger partial charge in [0.2, 0.25) is 0 Å². The van der Waals surface area contributed by atoms with E-state index >= 15 is 0 Å². The Morgan fingerprint density at radius 1 is 0.786 bits per heavy atom. The van der Waals surface area contributed by atoms with Crippen LogP contribution < -0.4 is 0 Å². The number of amides is 2. The maximum Gasteiger partial charge on any atom is 0.254 e.